The molecule has 0 fully saturated rings. The molecule has 16 heavy (non-hydrogen) atoms. The minimum absolute atomic E-state index is 0.803. The van der Waals surface area contributed by atoms with Crippen molar-refractivity contribution in [3.63, 3.8) is 0 Å². The summed E-state index contributed by atoms with van der Waals surface area (Å²) in [6, 6.07) is 8.18. The van der Waals surface area contributed by atoms with Gasteiger partial charge >= 0.3 is 0 Å². The SMILES string of the molecule is Brc1nnc(-c2ccc3cnccc3c2)s1. The molecule has 0 unspecified atom stereocenters. The monoisotopic (exact) mass is 291 g/mol. The van der Waals surface area contributed by atoms with E-state index < -0.39 is 0 Å². The number of pyridine rings is 1. The summed E-state index contributed by atoms with van der Waals surface area (Å²) in [6.07, 6.45) is 3.65. The number of fused-ring (bicyclic) bond motifs is 1. The Balaban J connectivity index is 2.18. The Morgan fingerprint density at radius 1 is 1.06 bits per heavy atom. The first kappa shape index (κ1) is 9.86. The average molecular weight is 292 g/mol. The summed E-state index contributed by atoms with van der Waals surface area (Å²) < 4.78 is 0.803. The van der Waals surface area contributed by atoms with Gasteiger partial charge in [0.2, 0.25) is 0 Å². The number of halogens is 1. The van der Waals surface area contributed by atoms with Crippen LogP contribution >= 0.6 is 27.3 Å². The molecule has 0 aliphatic carbocycles. The van der Waals surface area contributed by atoms with E-state index in [-0.39, 0.29) is 0 Å². The second-order valence-electron chi connectivity index (χ2n) is 3.30. The summed E-state index contributed by atoms with van der Waals surface area (Å²) in [6.45, 7) is 0. The second kappa shape index (κ2) is 3.92. The van der Waals surface area contributed by atoms with E-state index in [2.05, 4.69) is 37.2 Å². The lowest BCUT2D eigenvalue weighted by atomic mass is 10.1. The van der Waals surface area contributed by atoms with Crippen LogP contribution in [0.1, 0.15) is 0 Å². The van der Waals surface area contributed by atoms with Crippen LogP contribution in [0.3, 0.4) is 0 Å². The highest BCUT2D eigenvalue weighted by atomic mass is 79.9. The molecular weight excluding hydrogens is 286 g/mol. The first-order valence-corrected chi connectivity index (χ1v) is 6.27. The molecule has 1 aromatic carbocycles. The fourth-order valence-electron chi connectivity index (χ4n) is 1.54. The van der Waals surface area contributed by atoms with E-state index in [1.165, 1.54) is 16.7 Å². The lowest BCUT2D eigenvalue weighted by Gasteiger charge is -1.99. The summed E-state index contributed by atoms with van der Waals surface area (Å²) in [5, 5.41) is 11.3. The van der Waals surface area contributed by atoms with E-state index in [1.54, 1.807) is 6.20 Å². The maximum absolute atomic E-state index is 4.10. The van der Waals surface area contributed by atoms with Crippen LogP contribution in [0.15, 0.2) is 40.6 Å². The molecule has 0 amide bonds. The number of aromatic nitrogens is 3. The minimum atomic E-state index is 0.803. The lowest BCUT2D eigenvalue weighted by molar-refractivity contribution is 1.08. The van der Waals surface area contributed by atoms with E-state index in [9.17, 15) is 0 Å². The third-order valence-electron chi connectivity index (χ3n) is 2.29. The fraction of sp³-hybridized carbons (Fsp3) is 0. The van der Waals surface area contributed by atoms with Gasteiger partial charge in [-0.2, -0.15) is 0 Å². The van der Waals surface area contributed by atoms with Crippen molar-refractivity contribution >= 4 is 38.0 Å². The van der Waals surface area contributed by atoms with Gasteiger partial charge in [-0.25, -0.2) is 0 Å². The van der Waals surface area contributed by atoms with Crippen molar-refractivity contribution in [1.29, 1.82) is 0 Å². The van der Waals surface area contributed by atoms with Crippen LogP contribution in [-0.2, 0) is 0 Å². The maximum atomic E-state index is 4.10. The van der Waals surface area contributed by atoms with Crippen molar-refractivity contribution in [3.8, 4) is 10.6 Å². The molecule has 0 N–H and O–H groups in total. The highest BCUT2D eigenvalue weighted by molar-refractivity contribution is 9.11. The van der Waals surface area contributed by atoms with E-state index in [1.807, 2.05) is 24.4 Å². The molecule has 78 valence electrons. The molecule has 2 aromatic heterocycles. The normalized spacial score (nSPS) is 10.8. The van der Waals surface area contributed by atoms with Crippen molar-refractivity contribution in [3.05, 3.63) is 40.6 Å². The van der Waals surface area contributed by atoms with Gasteiger partial charge in [-0.15, -0.1) is 10.2 Å². The van der Waals surface area contributed by atoms with Gasteiger partial charge < -0.3 is 0 Å². The topological polar surface area (TPSA) is 38.7 Å². The van der Waals surface area contributed by atoms with Crippen molar-refractivity contribution in [2.45, 2.75) is 0 Å². The summed E-state index contributed by atoms with van der Waals surface area (Å²) in [4.78, 5) is 4.09. The third-order valence-corrected chi connectivity index (χ3v) is 3.69. The number of benzene rings is 1. The Bertz CT molecular complexity index is 650. The van der Waals surface area contributed by atoms with Crippen LogP contribution in [0.5, 0.6) is 0 Å². The molecule has 0 aliphatic heterocycles. The maximum Gasteiger partial charge on any atom is 0.183 e. The van der Waals surface area contributed by atoms with E-state index >= 15 is 0 Å². The zero-order valence-electron chi connectivity index (χ0n) is 8.09. The minimum Gasteiger partial charge on any atom is -0.264 e. The average Bonchev–Trinajstić information content (AvgIpc) is 2.75. The van der Waals surface area contributed by atoms with Gasteiger partial charge in [0.05, 0.1) is 0 Å². The number of rotatable bonds is 1. The first-order chi connectivity index (χ1) is 7.83. The van der Waals surface area contributed by atoms with Crippen LogP contribution < -0.4 is 0 Å². The smallest absolute Gasteiger partial charge is 0.183 e. The van der Waals surface area contributed by atoms with E-state index in [0.717, 1.165) is 19.9 Å². The molecule has 2 heterocycles. The van der Waals surface area contributed by atoms with Crippen LogP contribution in [0.2, 0.25) is 0 Å². The third kappa shape index (κ3) is 1.72. The van der Waals surface area contributed by atoms with E-state index in [4.69, 9.17) is 0 Å². The quantitative estimate of drug-likeness (QED) is 0.689. The van der Waals surface area contributed by atoms with Gasteiger partial charge in [0.15, 0.2) is 3.92 Å². The molecule has 0 atom stereocenters. The van der Waals surface area contributed by atoms with Crippen LogP contribution in [0.4, 0.5) is 0 Å². The molecule has 3 nitrogen and oxygen atoms in total. The molecule has 0 bridgehead atoms. The summed E-state index contributed by atoms with van der Waals surface area (Å²) in [7, 11) is 0. The summed E-state index contributed by atoms with van der Waals surface area (Å²) >= 11 is 4.84. The molecule has 0 radical (unpaired) electrons. The van der Waals surface area contributed by atoms with Gasteiger partial charge in [-0.3, -0.25) is 4.98 Å². The highest BCUT2D eigenvalue weighted by Crippen LogP contribution is 2.28. The van der Waals surface area contributed by atoms with E-state index in [0.29, 0.717) is 0 Å². The number of nitrogens with zero attached hydrogens (tertiary/aromatic N) is 3. The van der Waals surface area contributed by atoms with Crippen LogP contribution in [-0.4, -0.2) is 15.2 Å². The Labute approximate surface area is 104 Å². The zero-order valence-corrected chi connectivity index (χ0v) is 10.5. The van der Waals surface area contributed by atoms with Gasteiger partial charge in [0.25, 0.3) is 0 Å². The highest BCUT2D eigenvalue weighted by Gasteiger charge is 2.05. The van der Waals surface area contributed by atoms with Crippen LogP contribution in [0, 0.1) is 0 Å². The molecule has 5 heteroatoms. The number of hydrogen-bond donors (Lipinski definition) is 0. The molecule has 0 spiro atoms. The Morgan fingerprint density at radius 2 is 2.00 bits per heavy atom. The molecule has 0 saturated heterocycles. The summed E-state index contributed by atoms with van der Waals surface area (Å²) in [5.41, 5.74) is 1.09. The first-order valence-electron chi connectivity index (χ1n) is 4.66. The predicted octanol–water partition coefficient (Wildman–Crippen LogP) is 3.52. The van der Waals surface area contributed by atoms with Crippen molar-refractivity contribution in [2.75, 3.05) is 0 Å². The van der Waals surface area contributed by atoms with Crippen molar-refractivity contribution in [1.82, 2.24) is 15.2 Å². The fourth-order valence-corrected chi connectivity index (χ4v) is 2.65. The molecule has 0 aliphatic rings. The molecule has 0 saturated carbocycles. The van der Waals surface area contributed by atoms with Crippen molar-refractivity contribution < 1.29 is 0 Å². The predicted molar refractivity (Wildman–Crippen MR) is 68.3 cm³/mol. The van der Waals surface area contributed by atoms with Gasteiger partial charge in [-0.05, 0) is 33.4 Å². The Morgan fingerprint density at radius 3 is 2.81 bits per heavy atom. The Kier molecular flexibility index (Phi) is 2.41. The standard InChI is InChI=1S/C11H6BrN3S/c12-11-15-14-10(16-11)8-1-2-9-6-13-4-3-7(9)5-8/h1-6H. The van der Waals surface area contributed by atoms with Gasteiger partial charge in [0, 0.05) is 23.3 Å². The number of hydrogen-bond acceptors (Lipinski definition) is 4. The van der Waals surface area contributed by atoms with Crippen LogP contribution in [0.25, 0.3) is 21.3 Å². The lowest BCUT2D eigenvalue weighted by Crippen LogP contribution is -1.79. The largest absolute Gasteiger partial charge is 0.264 e. The molecular formula is C11H6BrN3S. The second-order valence-corrected chi connectivity index (χ2v) is 5.55. The summed E-state index contributed by atoms with van der Waals surface area (Å²) in [5.74, 6) is 0. The zero-order chi connectivity index (χ0) is 11.0. The van der Waals surface area contributed by atoms with Gasteiger partial charge in [-0.1, -0.05) is 23.5 Å². The van der Waals surface area contributed by atoms with Gasteiger partial charge in [0.1, 0.15) is 5.01 Å². The van der Waals surface area contributed by atoms with Crippen molar-refractivity contribution in [2.24, 2.45) is 0 Å². The molecule has 3 rings (SSSR count). The Hall–Kier alpha value is -1.33. The molecule has 3 aromatic rings.